The highest BCUT2D eigenvalue weighted by molar-refractivity contribution is 5.66. The van der Waals surface area contributed by atoms with Crippen LogP contribution in [0.3, 0.4) is 0 Å². The zero-order valence-electron chi connectivity index (χ0n) is 10.9. The van der Waals surface area contributed by atoms with Crippen LogP contribution in [0.4, 0.5) is 0 Å². The van der Waals surface area contributed by atoms with E-state index in [1.807, 2.05) is 6.07 Å². The van der Waals surface area contributed by atoms with Gasteiger partial charge in [0.15, 0.2) is 0 Å². The number of furan rings is 1. The summed E-state index contributed by atoms with van der Waals surface area (Å²) in [4.78, 5) is 12.9. The van der Waals surface area contributed by atoms with Crippen LogP contribution in [0, 0.1) is 0 Å². The predicted octanol–water partition coefficient (Wildman–Crippen LogP) is 2.92. The molecule has 0 saturated heterocycles. The van der Waals surface area contributed by atoms with Gasteiger partial charge in [0.2, 0.25) is 0 Å². The summed E-state index contributed by atoms with van der Waals surface area (Å²) in [7, 11) is 0. The van der Waals surface area contributed by atoms with Crippen LogP contribution in [-0.4, -0.2) is 28.1 Å². The van der Waals surface area contributed by atoms with Gasteiger partial charge in [-0.1, -0.05) is 0 Å². The molecule has 1 heterocycles. The molecule has 4 nitrogen and oxygen atoms in total. The van der Waals surface area contributed by atoms with Crippen molar-refractivity contribution in [3.8, 4) is 0 Å². The predicted molar refractivity (Wildman–Crippen MR) is 65.8 cm³/mol. The van der Waals surface area contributed by atoms with Crippen LogP contribution in [0.25, 0.3) is 0 Å². The molecule has 0 amide bonds. The van der Waals surface area contributed by atoms with Gasteiger partial charge in [-0.2, -0.15) is 0 Å². The smallest absolute Gasteiger partial charge is 0.304 e. The Labute approximate surface area is 102 Å². The topological polar surface area (TPSA) is 53.7 Å². The Bertz CT molecular complexity index is 351. The summed E-state index contributed by atoms with van der Waals surface area (Å²) in [5.74, 6) is -0.765. The Balaban J connectivity index is 2.79. The lowest BCUT2D eigenvalue weighted by Gasteiger charge is -2.39. The zero-order valence-corrected chi connectivity index (χ0v) is 10.9. The molecule has 1 unspecified atom stereocenters. The van der Waals surface area contributed by atoms with Crippen molar-refractivity contribution in [1.82, 2.24) is 4.90 Å². The monoisotopic (exact) mass is 239 g/mol. The number of carboxylic acids is 1. The van der Waals surface area contributed by atoms with E-state index in [0.29, 0.717) is 6.54 Å². The summed E-state index contributed by atoms with van der Waals surface area (Å²) >= 11 is 0. The van der Waals surface area contributed by atoms with Gasteiger partial charge in [0.05, 0.1) is 18.9 Å². The number of carboxylic acid groups (broad SMARTS) is 1. The highest BCUT2D eigenvalue weighted by atomic mass is 16.4. The molecule has 0 spiro atoms. The molecule has 0 aliphatic rings. The van der Waals surface area contributed by atoms with E-state index in [4.69, 9.17) is 9.52 Å². The Morgan fingerprint density at radius 2 is 2.18 bits per heavy atom. The van der Waals surface area contributed by atoms with Gasteiger partial charge in [0.25, 0.3) is 0 Å². The van der Waals surface area contributed by atoms with Gasteiger partial charge in [-0.3, -0.25) is 9.69 Å². The van der Waals surface area contributed by atoms with E-state index in [1.165, 1.54) is 0 Å². The van der Waals surface area contributed by atoms with Gasteiger partial charge in [-0.05, 0) is 33.8 Å². The lowest BCUT2D eigenvalue weighted by Crippen LogP contribution is -2.44. The van der Waals surface area contributed by atoms with E-state index in [9.17, 15) is 4.79 Å². The van der Waals surface area contributed by atoms with Gasteiger partial charge in [-0.25, -0.2) is 0 Å². The van der Waals surface area contributed by atoms with Crippen molar-refractivity contribution in [2.45, 2.75) is 45.7 Å². The van der Waals surface area contributed by atoms with Crippen LogP contribution in [-0.2, 0) is 4.79 Å². The fourth-order valence-corrected chi connectivity index (χ4v) is 2.02. The summed E-state index contributed by atoms with van der Waals surface area (Å²) in [5, 5.41) is 8.80. The Hall–Kier alpha value is -1.29. The summed E-state index contributed by atoms with van der Waals surface area (Å²) < 4.78 is 5.08. The highest BCUT2D eigenvalue weighted by Gasteiger charge is 2.27. The number of hydrogen-bond donors (Lipinski definition) is 1. The molecule has 0 fully saturated rings. The van der Waals surface area contributed by atoms with Crippen molar-refractivity contribution in [2.75, 3.05) is 6.54 Å². The third-order valence-corrected chi connectivity index (χ3v) is 2.92. The molecule has 1 aromatic rings. The minimum Gasteiger partial charge on any atom is -0.481 e. The number of rotatable bonds is 5. The minimum atomic E-state index is -0.765. The van der Waals surface area contributed by atoms with Gasteiger partial charge in [0.1, 0.15) is 0 Å². The van der Waals surface area contributed by atoms with Crippen molar-refractivity contribution in [1.29, 1.82) is 0 Å². The van der Waals surface area contributed by atoms with E-state index < -0.39 is 5.97 Å². The molecule has 17 heavy (non-hydrogen) atoms. The van der Waals surface area contributed by atoms with Crippen molar-refractivity contribution >= 4 is 5.97 Å². The van der Waals surface area contributed by atoms with Crippen LogP contribution >= 0.6 is 0 Å². The molecule has 1 aromatic heterocycles. The van der Waals surface area contributed by atoms with Gasteiger partial charge >= 0.3 is 5.97 Å². The highest BCUT2D eigenvalue weighted by Crippen LogP contribution is 2.28. The Morgan fingerprint density at radius 3 is 2.59 bits per heavy atom. The fraction of sp³-hybridized carbons (Fsp3) is 0.615. The third kappa shape index (κ3) is 3.89. The maximum absolute atomic E-state index is 10.7. The Kier molecular flexibility index (Phi) is 4.34. The molecule has 96 valence electrons. The van der Waals surface area contributed by atoms with E-state index in [-0.39, 0.29) is 18.0 Å². The third-order valence-electron chi connectivity index (χ3n) is 2.92. The first-order chi connectivity index (χ1) is 7.82. The molecule has 1 atom stereocenters. The quantitative estimate of drug-likeness (QED) is 0.858. The standard InChI is InChI=1S/C13H21NO3/c1-10(11-6-8-17-9-11)14(13(2,3)4)7-5-12(15)16/h6,8-10H,5,7H2,1-4H3,(H,15,16). The average molecular weight is 239 g/mol. The van der Waals surface area contributed by atoms with Crippen LogP contribution in [0.2, 0.25) is 0 Å². The molecule has 0 aliphatic heterocycles. The number of nitrogens with zero attached hydrogens (tertiary/aromatic N) is 1. The first kappa shape index (κ1) is 13.8. The molecule has 1 N–H and O–H groups in total. The fourth-order valence-electron chi connectivity index (χ4n) is 2.02. The van der Waals surface area contributed by atoms with E-state index in [2.05, 4.69) is 32.6 Å². The summed E-state index contributed by atoms with van der Waals surface area (Å²) in [6, 6.07) is 2.07. The lowest BCUT2D eigenvalue weighted by atomic mass is 10.00. The molecule has 1 rings (SSSR count). The van der Waals surface area contributed by atoms with Crippen LogP contribution < -0.4 is 0 Å². The zero-order chi connectivity index (χ0) is 13.1. The molecule has 0 saturated carbocycles. The first-order valence-corrected chi connectivity index (χ1v) is 5.83. The molecule has 0 radical (unpaired) electrons. The van der Waals surface area contributed by atoms with Crippen LogP contribution in [0.5, 0.6) is 0 Å². The van der Waals surface area contributed by atoms with Crippen LogP contribution in [0.15, 0.2) is 23.0 Å². The molecule has 4 heteroatoms. The normalized spacial score (nSPS) is 13.9. The van der Waals surface area contributed by atoms with Gasteiger partial charge in [-0.15, -0.1) is 0 Å². The number of aliphatic carboxylic acids is 1. The molecular formula is C13H21NO3. The second-order valence-corrected chi connectivity index (χ2v) is 5.24. The largest absolute Gasteiger partial charge is 0.481 e. The van der Waals surface area contributed by atoms with Crippen molar-refractivity contribution < 1.29 is 14.3 Å². The summed E-state index contributed by atoms with van der Waals surface area (Å²) in [5.41, 5.74) is 0.997. The SMILES string of the molecule is CC(c1ccoc1)N(CCC(=O)O)C(C)(C)C. The second-order valence-electron chi connectivity index (χ2n) is 5.24. The van der Waals surface area contributed by atoms with Crippen molar-refractivity contribution in [2.24, 2.45) is 0 Å². The van der Waals surface area contributed by atoms with Crippen molar-refractivity contribution in [3.05, 3.63) is 24.2 Å². The van der Waals surface area contributed by atoms with E-state index in [1.54, 1.807) is 12.5 Å². The lowest BCUT2D eigenvalue weighted by molar-refractivity contribution is -0.137. The minimum absolute atomic E-state index is 0.0772. The van der Waals surface area contributed by atoms with E-state index >= 15 is 0 Å². The Morgan fingerprint density at radius 1 is 1.53 bits per heavy atom. The van der Waals surface area contributed by atoms with Gasteiger partial charge in [0, 0.05) is 23.7 Å². The maximum atomic E-state index is 10.7. The van der Waals surface area contributed by atoms with E-state index in [0.717, 1.165) is 5.56 Å². The maximum Gasteiger partial charge on any atom is 0.304 e. The molecule has 0 aliphatic carbocycles. The first-order valence-electron chi connectivity index (χ1n) is 5.83. The summed E-state index contributed by atoms with van der Waals surface area (Å²) in [6.45, 7) is 8.87. The second kappa shape index (κ2) is 5.36. The molecule has 0 bridgehead atoms. The molecular weight excluding hydrogens is 218 g/mol. The molecule has 0 aromatic carbocycles. The van der Waals surface area contributed by atoms with Crippen molar-refractivity contribution in [3.63, 3.8) is 0 Å². The number of hydrogen-bond acceptors (Lipinski definition) is 3. The average Bonchev–Trinajstić information content (AvgIpc) is 2.67. The summed E-state index contributed by atoms with van der Waals surface area (Å²) in [6.07, 6.45) is 3.51. The van der Waals surface area contributed by atoms with Gasteiger partial charge < -0.3 is 9.52 Å². The number of carbonyl (C=O) groups is 1. The van der Waals surface area contributed by atoms with Crippen LogP contribution in [0.1, 0.15) is 45.7 Å².